The lowest BCUT2D eigenvalue weighted by molar-refractivity contribution is 0.498. The lowest BCUT2D eigenvalue weighted by Gasteiger charge is -2.32. The van der Waals surface area contributed by atoms with Crippen molar-refractivity contribution in [3.05, 3.63) is 22.7 Å². The number of aromatic nitrogens is 6. The van der Waals surface area contributed by atoms with Gasteiger partial charge in [-0.05, 0) is 19.3 Å². The molecule has 1 fully saturated rings. The third-order valence-electron chi connectivity index (χ3n) is 4.42. The standard InChI is InChI=1S/C15H19N7S/c1-3-11-19-20-15(23-11)10-4-6-22(7-5-10)14-12-13(16-8-17-14)18-9-21(12)2/h8-10H,3-7H2,1-2H3. The summed E-state index contributed by atoms with van der Waals surface area (Å²) in [7, 11) is 1.99. The highest BCUT2D eigenvalue weighted by Gasteiger charge is 2.26. The number of hydrogen-bond donors (Lipinski definition) is 0. The number of fused-ring (bicyclic) bond motifs is 1. The monoisotopic (exact) mass is 329 g/mol. The highest BCUT2D eigenvalue weighted by atomic mass is 32.1. The van der Waals surface area contributed by atoms with Crippen LogP contribution in [-0.4, -0.2) is 42.8 Å². The molecule has 0 aromatic carbocycles. The van der Waals surface area contributed by atoms with E-state index in [1.165, 1.54) is 5.01 Å². The molecule has 0 saturated carbocycles. The zero-order chi connectivity index (χ0) is 15.8. The van der Waals surface area contributed by atoms with Crippen LogP contribution in [0.15, 0.2) is 12.7 Å². The minimum Gasteiger partial charge on any atom is -0.355 e. The second-order valence-corrected chi connectivity index (χ2v) is 6.97. The van der Waals surface area contributed by atoms with Gasteiger partial charge in [-0.2, -0.15) is 0 Å². The van der Waals surface area contributed by atoms with E-state index in [1.54, 1.807) is 24.0 Å². The maximum Gasteiger partial charge on any atom is 0.182 e. The molecule has 4 rings (SSSR count). The number of hydrogen-bond acceptors (Lipinski definition) is 7. The summed E-state index contributed by atoms with van der Waals surface area (Å²) in [6.07, 6.45) is 6.54. The van der Waals surface area contributed by atoms with E-state index in [-0.39, 0.29) is 0 Å². The Bertz CT molecular complexity index is 816. The van der Waals surface area contributed by atoms with Gasteiger partial charge in [0.15, 0.2) is 11.5 Å². The fourth-order valence-electron chi connectivity index (χ4n) is 3.11. The molecule has 3 aromatic rings. The van der Waals surface area contributed by atoms with Crippen molar-refractivity contribution in [3.8, 4) is 0 Å². The summed E-state index contributed by atoms with van der Waals surface area (Å²) in [5.41, 5.74) is 1.77. The molecule has 3 aromatic heterocycles. The molecule has 1 aliphatic heterocycles. The van der Waals surface area contributed by atoms with Crippen molar-refractivity contribution in [2.75, 3.05) is 18.0 Å². The minimum atomic E-state index is 0.521. The molecule has 120 valence electrons. The average Bonchev–Trinajstić information content (AvgIpc) is 3.22. The van der Waals surface area contributed by atoms with E-state index < -0.39 is 0 Å². The van der Waals surface area contributed by atoms with Gasteiger partial charge in [0.05, 0.1) is 6.33 Å². The van der Waals surface area contributed by atoms with Gasteiger partial charge < -0.3 is 9.47 Å². The van der Waals surface area contributed by atoms with Gasteiger partial charge in [-0.25, -0.2) is 15.0 Å². The summed E-state index contributed by atoms with van der Waals surface area (Å²) < 4.78 is 2.00. The van der Waals surface area contributed by atoms with Crippen molar-refractivity contribution in [3.63, 3.8) is 0 Å². The van der Waals surface area contributed by atoms with Crippen molar-refractivity contribution >= 4 is 28.3 Å². The quantitative estimate of drug-likeness (QED) is 0.733. The second-order valence-electron chi connectivity index (χ2n) is 5.87. The molecule has 1 aliphatic rings. The van der Waals surface area contributed by atoms with Gasteiger partial charge >= 0.3 is 0 Å². The van der Waals surface area contributed by atoms with Crippen LogP contribution in [0.4, 0.5) is 5.82 Å². The van der Waals surface area contributed by atoms with E-state index in [1.807, 2.05) is 11.6 Å². The van der Waals surface area contributed by atoms with Crippen molar-refractivity contribution in [1.29, 1.82) is 0 Å². The molecule has 1 saturated heterocycles. The summed E-state index contributed by atoms with van der Waals surface area (Å²) >= 11 is 1.76. The van der Waals surface area contributed by atoms with Crippen LogP contribution in [0.1, 0.15) is 35.7 Å². The molecular formula is C15H19N7S. The molecule has 4 heterocycles. The molecule has 0 radical (unpaired) electrons. The highest BCUT2D eigenvalue weighted by molar-refractivity contribution is 7.11. The molecule has 0 aliphatic carbocycles. The van der Waals surface area contributed by atoms with Gasteiger partial charge in [0.2, 0.25) is 0 Å². The Morgan fingerprint density at radius 3 is 2.74 bits per heavy atom. The van der Waals surface area contributed by atoms with Crippen LogP contribution in [0, 0.1) is 0 Å². The number of anilines is 1. The Morgan fingerprint density at radius 1 is 1.17 bits per heavy atom. The number of imidazole rings is 1. The number of piperidine rings is 1. The van der Waals surface area contributed by atoms with E-state index in [9.17, 15) is 0 Å². The van der Waals surface area contributed by atoms with Crippen molar-refractivity contribution in [2.24, 2.45) is 7.05 Å². The first-order valence-corrected chi connectivity index (χ1v) is 8.77. The summed E-state index contributed by atoms with van der Waals surface area (Å²) in [6.45, 7) is 4.08. The van der Waals surface area contributed by atoms with Gasteiger partial charge in [-0.1, -0.05) is 6.92 Å². The highest BCUT2D eigenvalue weighted by Crippen LogP contribution is 2.33. The maximum atomic E-state index is 4.51. The van der Waals surface area contributed by atoms with Crippen molar-refractivity contribution in [1.82, 2.24) is 29.7 Å². The Hall–Kier alpha value is -2.09. The zero-order valence-corrected chi connectivity index (χ0v) is 14.1. The number of nitrogens with zero attached hydrogens (tertiary/aromatic N) is 7. The van der Waals surface area contributed by atoms with Crippen molar-refractivity contribution in [2.45, 2.75) is 32.1 Å². The first-order valence-electron chi connectivity index (χ1n) is 7.95. The molecule has 0 spiro atoms. The largest absolute Gasteiger partial charge is 0.355 e. The molecule has 7 nitrogen and oxygen atoms in total. The van der Waals surface area contributed by atoms with Gasteiger partial charge in [-0.15, -0.1) is 21.5 Å². The van der Waals surface area contributed by atoms with Crippen LogP contribution >= 0.6 is 11.3 Å². The Balaban J connectivity index is 1.53. The third-order valence-corrected chi connectivity index (χ3v) is 5.65. The summed E-state index contributed by atoms with van der Waals surface area (Å²) in [5.74, 6) is 1.51. The SMILES string of the molecule is CCc1nnc(C2CCN(c3ncnc4ncn(C)c34)CC2)s1. The summed E-state index contributed by atoms with van der Waals surface area (Å²) in [5, 5.41) is 11.0. The maximum absolute atomic E-state index is 4.51. The van der Waals surface area contributed by atoms with Gasteiger partial charge in [-0.3, -0.25) is 0 Å². The normalized spacial score (nSPS) is 16.3. The van der Waals surface area contributed by atoms with Crippen LogP contribution in [-0.2, 0) is 13.5 Å². The molecule has 0 amide bonds. The molecule has 23 heavy (non-hydrogen) atoms. The molecular weight excluding hydrogens is 310 g/mol. The molecule has 0 unspecified atom stereocenters. The van der Waals surface area contributed by atoms with E-state index in [0.717, 1.165) is 54.3 Å². The van der Waals surface area contributed by atoms with Gasteiger partial charge in [0, 0.05) is 26.1 Å². The predicted molar refractivity (Wildman–Crippen MR) is 89.8 cm³/mol. The lowest BCUT2D eigenvalue weighted by Crippen LogP contribution is -2.33. The van der Waals surface area contributed by atoms with E-state index in [2.05, 4.69) is 37.0 Å². The average molecular weight is 329 g/mol. The van der Waals surface area contributed by atoms with Crippen molar-refractivity contribution < 1.29 is 0 Å². The second kappa shape index (κ2) is 5.84. The first kappa shape index (κ1) is 14.5. The Kier molecular flexibility index (Phi) is 3.68. The molecule has 0 bridgehead atoms. The lowest BCUT2D eigenvalue weighted by atomic mass is 9.97. The van der Waals surface area contributed by atoms with E-state index in [4.69, 9.17) is 0 Å². The number of rotatable bonds is 3. The zero-order valence-electron chi connectivity index (χ0n) is 13.3. The number of aryl methyl sites for hydroxylation is 2. The van der Waals surface area contributed by atoms with Gasteiger partial charge in [0.1, 0.15) is 21.9 Å². The molecule has 8 heteroatoms. The van der Waals surface area contributed by atoms with Crippen LogP contribution in [0.2, 0.25) is 0 Å². The molecule has 0 atom stereocenters. The van der Waals surface area contributed by atoms with E-state index >= 15 is 0 Å². The fraction of sp³-hybridized carbons (Fsp3) is 0.533. The Morgan fingerprint density at radius 2 is 2.00 bits per heavy atom. The van der Waals surface area contributed by atoms with Crippen LogP contribution in [0.5, 0.6) is 0 Å². The summed E-state index contributed by atoms with van der Waals surface area (Å²) in [6, 6.07) is 0. The van der Waals surface area contributed by atoms with Gasteiger partial charge in [0.25, 0.3) is 0 Å². The summed E-state index contributed by atoms with van der Waals surface area (Å²) in [4.78, 5) is 15.4. The molecule has 0 N–H and O–H groups in total. The third kappa shape index (κ3) is 2.56. The van der Waals surface area contributed by atoms with Crippen LogP contribution < -0.4 is 4.90 Å². The van der Waals surface area contributed by atoms with Crippen LogP contribution in [0.25, 0.3) is 11.2 Å². The Labute approximate surface area is 138 Å². The smallest absolute Gasteiger partial charge is 0.182 e. The van der Waals surface area contributed by atoms with Crippen LogP contribution in [0.3, 0.4) is 0 Å². The predicted octanol–water partition coefficient (Wildman–Crippen LogP) is 2.16. The topological polar surface area (TPSA) is 72.6 Å². The van der Waals surface area contributed by atoms with E-state index in [0.29, 0.717) is 5.92 Å². The fourth-order valence-corrected chi connectivity index (χ4v) is 4.07. The first-order chi connectivity index (χ1) is 11.3. The minimum absolute atomic E-state index is 0.521.